The quantitative estimate of drug-likeness (QED) is 0.474. The van der Waals surface area contributed by atoms with Crippen LogP contribution in [0, 0.1) is 0 Å². The van der Waals surface area contributed by atoms with Crippen LogP contribution in [0.2, 0.25) is 0 Å². The summed E-state index contributed by atoms with van der Waals surface area (Å²) in [6, 6.07) is 0. The Hall–Kier alpha value is -0.790. The molecule has 0 aliphatic carbocycles. The largest absolute Gasteiger partial charge is 0.340 e. The highest BCUT2D eigenvalue weighted by atomic mass is 15.1. The zero-order valence-corrected chi connectivity index (χ0v) is 5.96. The number of rotatable bonds is 0. The molecule has 0 atom stereocenters. The molecule has 2 heteroatoms. The molecule has 1 heterocycles. The standard InChI is InChI=1S/C7H12N2/c1-7-8-5-3-4-6-9(7)2/h4,6H,3,5H2,1-2H3. The monoisotopic (exact) mass is 124 g/mol. The van der Waals surface area contributed by atoms with Gasteiger partial charge in [-0.1, -0.05) is 6.08 Å². The number of amidine groups is 1. The Labute approximate surface area is 55.9 Å². The van der Waals surface area contributed by atoms with Crippen LogP contribution in [0.3, 0.4) is 0 Å². The van der Waals surface area contributed by atoms with Gasteiger partial charge < -0.3 is 4.90 Å². The van der Waals surface area contributed by atoms with Gasteiger partial charge in [0.15, 0.2) is 0 Å². The fraction of sp³-hybridized carbons (Fsp3) is 0.571. The molecular formula is C7H12N2. The first-order chi connectivity index (χ1) is 4.30. The van der Waals surface area contributed by atoms with E-state index < -0.39 is 0 Å². The van der Waals surface area contributed by atoms with Gasteiger partial charge >= 0.3 is 0 Å². The Balaban J connectivity index is 2.66. The second kappa shape index (κ2) is 2.67. The molecule has 2 nitrogen and oxygen atoms in total. The molecule has 0 radical (unpaired) electrons. The molecule has 0 aromatic rings. The van der Waals surface area contributed by atoms with Gasteiger partial charge in [-0.05, 0) is 13.3 Å². The normalized spacial score (nSPS) is 19.3. The molecule has 0 amide bonds. The van der Waals surface area contributed by atoms with Crippen molar-refractivity contribution in [2.45, 2.75) is 13.3 Å². The molecule has 0 spiro atoms. The third kappa shape index (κ3) is 1.56. The second-order valence-corrected chi connectivity index (χ2v) is 2.21. The molecule has 0 N–H and O–H groups in total. The molecule has 9 heavy (non-hydrogen) atoms. The van der Waals surface area contributed by atoms with Gasteiger partial charge in [-0.2, -0.15) is 0 Å². The smallest absolute Gasteiger partial charge is 0.0994 e. The molecule has 50 valence electrons. The van der Waals surface area contributed by atoms with Gasteiger partial charge in [0.1, 0.15) is 0 Å². The third-order valence-electron chi connectivity index (χ3n) is 1.48. The number of nitrogens with zero attached hydrogens (tertiary/aromatic N) is 2. The fourth-order valence-electron chi connectivity index (χ4n) is 0.753. The Morgan fingerprint density at radius 3 is 3.22 bits per heavy atom. The summed E-state index contributed by atoms with van der Waals surface area (Å²) >= 11 is 0. The Morgan fingerprint density at radius 2 is 2.44 bits per heavy atom. The van der Waals surface area contributed by atoms with Gasteiger partial charge in [-0.3, -0.25) is 4.99 Å². The van der Waals surface area contributed by atoms with E-state index in [1.165, 1.54) is 0 Å². The van der Waals surface area contributed by atoms with Gasteiger partial charge in [-0.25, -0.2) is 0 Å². The lowest BCUT2D eigenvalue weighted by Gasteiger charge is -2.10. The SMILES string of the molecule is CC1=NCCC=CN1C. The number of hydrogen-bond donors (Lipinski definition) is 0. The lowest BCUT2D eigenvalue weighted by atomic mass is 10.4. The second-order valence-electron chi connectivity index (χ2n) is 2.21. The number of hydrogen-bond acceptors (Lipinski definition) is 2. The summed E-state index contributed by atoms with van der Waals surface area (Å²) in [5.74, 6) is 1.10. The van der Waals surface area contributed by atoms with Crippen molar-refractivity contribution in [1.82, 2.24) is 4.90 Å². The van der Waals surface area contributed by atoms with Gasteiger partial charge in [-0.15, -0.1) is 0 Å². The first kappa shape index (κ1) is 6.33. The van der Waals surface area contributed by atoms with E-state index in [9.17, 15) is 0 Å². The minimum Gasteiger partial charge on any atom is -0.340 e. The highest BCUT2D eigenvalue weighted by Crippen LogP contribution is 1.97. The molecule has 1 aliphatic heterocycles. The van der Waals surface area contributed by atoms with Crippen LogP contribution in [0.15, 0.2) is 17.3 Å². The summed E-state index contributed by atoms with van der Waals surface area (Å²) in [5, 5.41) is 0. The van der Waals surface area contributed by atoms with Crippen LogP contribution in [0.1, 0.15) is 13.3 Å². The molecule has 0 unspecified atom stereocenters. The van der Waals surface area contributed by atoms with E-state index in [0.29, 0.717) is 0 Å². The summed E-state index contributed by atoms with van der Waals surface area (Å²) in [5.41, 5.74) is 0. The van der Waals surface area contributed by atoms with Crippen LogP contribution in [0.5, 0.6) is 0 Å². The van der Waals surface area contributed by atoms with Crippen molar-refractivity contribution in [2.24, 2.45) is 4.99 Å². The summed E-state index contributed by atoms with van der Waals surface area (Å²) < 4.78 is 0. The van der Waals surface area contributed by atoms with Crippen molar-refractivity contribution in [1.29, 1.82) is 0 Å². The van der Waals surface area contributed by atoms with Crippen LogP contribution in [0.4, 0.5) is 0 Å². The van der Waals surface area contributed by atoms with E-state index >= 15 is 0 Å². The summed E-state index contributed by atoms with van der Waals surface area (Å²) in [6.07, 6.45) is 5.27. The molecule has 0 saturated heterocycles. The van der Waals surface area contributed by atoms with E-state index in [0.717, 1.165) is 18.8 Å². The average Bonchev–Trinajstić information content (AvgIpc) is 1.99. The lowest BCUT2D eigenvalue weighted by Crippen LogP contribution is -2.16. The number of aliphatic imine (C=N–C) groups is 1. The van der Waals surface area contributed by atoms with Gasteiger partial charge in [0.2, 0.25) is 0 Å². The first-order valence-corrected chi connectivity index (χ1v) is 3.21. The minimum absolute atomic E-state index is 0.937. The van der Waals surface area contributed by atoms with Crippen LogP contribution in [-0.4, -0.2) is 24.3 Å². The fourth-order valence-corrected chi connectivity index (χ4v) is 0.753. The van der Waals surface area contributed by atoms with Crippen LogP contribution < -0.4 is 0 Å². The maximum absolute atomic E-state index is 4.28. The van der Waals surface area contributed by atoms with E-state index in [2.05, 4.69) is 17.3 Å². The van der Waals surface area contributed by atoms with E-state index in [1.807, 2.05) is 18.9 Å². The van der Waals surface area contributed by atoms with Crippen molar-refractivity contribution >= 4 is 5.84 Å². The van der Waals surface area contributed by atoms with E-state index in [4.69, 9.17) is 0 Å². The topological polar surface area (TPSA) is 15.6 Å². The highest BCUT2D eigenvalue weighted by molar-refractivity contribution is 5.80. The summed E-state index contributed by atoms with van der Waals surface area (Å²) in [4.78, 5) is 6.32. The first-order valence-electron chi connectivity index (χ1n) is 3.21. The third-order valence-corrected chi connectivity index (χ3v) is 1.48. The lowest BCUT2D eigenvalue weighted by molar-refractivity contribution is 0.684. The van der Waals surface area contributed by atoms with Crippen LogP contribution >= 0.6 is 0 Å². The Morgan fingerprint density at radius 1 is 1.67 bits per heavy atom. The molecule has 0 bridgehead atoms. The minimum atomic E-state index is 0.937. The summed E-state index contributed by atoms with van der Waals surface area (Å²) in [6.45, 7) is 2.96. The molecule has 0 fully saturated rings. The molecule has 1 aliphatic rings. The molecular weight excluding hydrogens is 112 g/mol. The Bertz CT molecular complexity index is 147. The zero-order chi connectivity index (χ0) is 6.69. The Kier molecular flexibility index (Phi) is 1.88. The van der Waals surface area contributed by atoms with Crippen LogP contribution in [-0.2, 0) is 0 Å². The van der Waals surface area contributed by atoms with Crippen molar-refractivity contribution in [2.75, 3.05) is 13.6 Å². The maximum Gasteiger partial charge on any atom is 0.0994 e. The predicted molar refractivity (Wildman–Crippen MR) is 39.5 cm³/mol. The molecule has 0 saturated carbocycles. The van der Waals surface area contributed by atoms with Gasteiger partial charge in [0, 0.05) is 19.8 Å². The van der Waals surface area contributed by atoms with E-state index in [-0.39, 0.29) is 0 Å². The van der Waals surface area contributed by atoms with Crippen molar-refractivity contribution in [3.05, 3.63) is 12.3 Å². The van der Waals surface area contributed by atoms with Crippen molar-refractivity contribution < 1.29 is 0 Å². The van der Waals surface area contributed by atoms with Crippen LogP contribution in [0.25, 0.3) is 0 Å². The molecule has 0 aromatic heterocycles. The molecule has 1 rings (SSSR count). The zero-order valence-electron chi connectivity index (χ0n) is 5.96. The van der Waals surface area contributed by atoms with E-state index in [1.54, 1.807) is 0 Å². The predicted octanol–water partition coefficient (Wildman–Crippen LogP) is 1.25. The summed E-state index contributed by atoms with van der Waals surface area (Å²) in [7, 11) is 2.01. The maximum atomic E-state index is 4.28. The van der Waals surface area contributed by atoms with Crippen molar-refractivity contribution in [3.8, 4) is 0 Å². The van der Waals surface area contributed by atoms with Gasteiger partial charge in [0.05, 0.1) is 5.84 Å². The highest BCUT2D eigenvalue weighted by Gasteiger charge is 1.96. The molecule has 0 aromatic carbocycles. The van der Waals surface area contributed by atoms with Gasteiger partial charge in [0.25, 0.3) is 0 Å². The average molecular weight is 124 g/mol. The van der Waals surface area contributed by atoms with Crippen molar-refractivity contribution in [3.63, 3.8) is 0 Å².